The lowest BCUT2D eigenvalue weighted by Gasteiger charge is -2.27. The van der Waals surface area contributed by atoms with Crippen LogP contribution in [0.5, 0.6) is 0 Å². The second-order valence-corrected chi connectivity index (χ2v) is 12.9. The number of hydrogen-bond donors (Lipinski definition) is 3. The predicted octanol–water partition coefficient (Wildman–Crippen LogP) is 5.98. The molecule has 0 aromatic carbocycles. The smallest absolute Gasteiger partial charge is 0.389 e. The number of rotatable bonds is 13. The van der Waals surface area contributed by atoms with Crippen molar-refractivity contribution in [2.45, 2.75) is 96.5 Å². The SMILES string of the molecule is CCCC(CC)N(C)C(=O)c1nc(C(=O)NCC(C)(C)O)sc1-c1cnc(NC(C2CC2)C2CC2)cc1C(F)(F)F. The molecule has 0 spiro atoms. The van der Waals surface area contributed by atoms with Crippen molar-refractivity contribution in [2.75, 3.05) is 18.9 Å². The topological polar surface area (TPSA) is 107 Å². The quantitative estimate of drug-likeness (QED) is 0.263. The van der Waals surface area contributed by atoms with E-state index in [9.17, 15) is 27.9 Å². The molecule has 0 radical (unpaired) electrons. The molecule has 12 heteroatoms. The first-order valence-corrected chi connectivity index (χ1v) is 15.2. The van der Waals surface area contributed by atoms with Gasteiger partial charge in [0.25, 0.3) is 11.8 Å². The minimum absolute atomic E-state index is 0.0612. The Hall–Kier alpha value is -2.73. The van der Waals surface area contributed by atoms with Crippen LogP contribution >= 0.6 is 11.3 Å². The van der Waals surface area contributed by atoms with E-state index < -0.39 is 29.2 Å². The van der Waals surface area contributed by atoms with Gasteiger partial charge in [-0.1, -0.05) is 20.3 Å². The zero-order valence-electron chi connectivity index (χ0n) is 24.3. The maximum Gasteiger partial charge on any atom is 0.417 e. The Kier molecular flexibility index (Phi) is 9.32. The Morgan fingerprint density at radius 1 is 1.17 bits per heavy atom. The molecule has 226 valence electrons. The van der Waals surface area contributed by atoms with Crippen LogP contribution in [0.1, 0.15) is 98.5 Å². The van der Waals surface area contributed by atoms with E-state index in [1.54, 1.807) is 7.05 Å². The van der Waals surface area contributed by atoms with E-state index in [-0.39, 0.29) is 45.6 Å². The fourth-order valence-electron chi connectivity index (χ4n) is 5.11. The Morgan fingerprint density at radius 3 is 2.32 bits per heavy atom. The molecule has 8 nitrogen and oxygen atoms in total. The van der Waals surface area contributed by atoms with E-state index in [4.69, 9.17) is 0 Å². The fraction of sp³-hybridized carbons (Fsp3) is 0.655. The third-order valence-corrected chi connectivity index (χ3v) is 8.78. The summed E-state index contributed by atoms with van der Waals surface area (Å²) in [4.78, 5) is 36.7. The lowest BCUT2D eigenvalue weighted by Crippen LogP contribution is -2.38. The summed E-state index contributed by atoms with van der Waals surface area (Å²) in [5.41, 5.74) is -2.66. The molecule has 2 aliphatic carbocycles. The minimum Gasteiger partial charge on any atom is -0.389 e. The van der Waals surface area contributed by atoms with E-state index in [2.05, 4.69) is 20.6 Å². The number of aromatic nitrogens is 2. The van der Waals surface area contributed by atoms with Gasteiger partial charge in [-0.25, -0.2) is 9.97 Å². The third kappa shape index (κ3) is 7.77. The number of thiazole rings is 1. The number of pyridine rings is 1. The predicted molar refractivity (Wildman–Crippen MR) is 153 cm³/mol. The van der Waals surface area contributed by atoms with Gasteiger partial charge in [0, 0.05) is 37.4 Å². The number of carbonyl (C=O) groups is 2. The minimum atomic E-state index is -4.74. The second kappa shape index (κ2) is 12.2. The molecule has 1 atom stereocenters. The van der Waals surface area contributed by atoms with Crippen LogP contribution in [0.3, 0.4) is 0 Å². The van der Waals surface area contributed by atoms with E-state index in [1.807, 2.05) is 13.8 Å². The van der Waals surface area contributed by atoms with Crippen molar-refractivity contribution in [3.63, 3.8) is 0 Å². The van der Waals surface area contributed by atoms with E-state index >= 15 is 0 Å². The molecule has 2 aromatic heterocycles. The van der Waals surface area contributed by atoms with Gasteiger partial charge in [-0.2, -0.15) is 13.2 Å². The Bertz CT molecular complexity index is 1240. The first-order valence-electron chi connectivity index (χ1n) is 14.4. The van der Waals surface area contributed by atoms with Crippen LogP contribution in [0, 0.1) is 11.8 Å². The zero-order chi connectivity index (χ0) is 30.1. The third-order valence-electron chi connectivity index (χ3n) is 7.70. The standard InChI is InChI=1S/C29H40F3N5O3S/c1-6-8-18(7-2)37(5)27(39)23-24(41-26(36-23)25(38)34-15-28(3,4)40)19-14-33-21(13-20(19)29(30,31)32)35-22(16-9-10-16)17-11-12-17/h13-14,16-18,22,40H,6-12,15H2,1-5H3,(H,33,35)(H,34,38). The molecule has 2 heterocycles. The Morgan fingerprint density at radius 2 is 1.80 bits per heavy atom. The van der Waals surface area contributed by atoms with Gasteiger partial charge in [-0.3, -0.25) is 9.59 Å². The first-order chi connectivity index (χ1) is 19.2. The maximum absolute atomic E-state index is 14.5. The summed E-state index contributed by atoms with van der Waals surface area (Å²) in [6.45, 7) is 6.86. The summed E-state index contributed by atoms with van der Waals surface area (Å²) in [7, 11) is 1.61. The molecule has 0 saturated heterocycles. The van der Waals surface area contributed by atoms with Gasteiger partial charge in [0.2, 0.25) is 0 Å². The fourth-order valence-corrected chi connectivity index (χ4v) is 6.10. The van der Waals surface area contributed by atoms with E-state index in [0.29, 0.717) is 29.6 Å². The van der Waals surface area contributed by atoms with E-state index in [1.165, 1.54) is 18.7 Å². The number of alkyl halides is 3. The molecule has 3 N–H and O–H groups in total. The van der Waals surface area contributed by atoms with Crippen LogP contribution < -0.4 is 10.6 Å². The van der Waals surface area contributed by atoms with Crippen molar-refractivity contribution in [1.29, 1.82) is 0 Å². The number of amides is 2. The van der Waals surface area contributed by atoms with Crippen molar-refractivity contribution in [2.24, 2.45) is 11.8 Å². The summed E-state index contributed by atoms with van der Waals surface area (Å²) >= 11 is 0.717. The summed E-state index contributed by atoms with van der Waals surface area (Å²) in [6.07, 6.45) is 2.85. The lowest BCUT2D eigenvalue weighted by atomic mass is 10.0. The molecule has 41 heavy (non-hydrogen) atoms. The lowest BCUT2D eigenvalue weighted by molar-refractivity contribution is -0.137. The van der Waals surface area contributed by atoms with Gasteiger partial charge in [0.15, 0.2) is 5.01 Å². The molecule has 2 saturated carbocycles. The van der Waals surface area contributed by atoms with Crippen LogP contribution in [-0.2, 0) is 6.18 Å². The van der Waals surface area contributed by atoms with Crippen LogP contribution in [-0.4, -0.2) is 63.1 Å². The zero-order valence-corrected chi connectivity index (χ0v) is 25.1. The highest BCUT2D eigenvalue weighted by molar-refractivity contribution is 7.17. The highest BCUT2D eigenvalue weighted by Gasteiger charge is 2.42. The van der Waals surface area contributed by atoms with Gasteiger partial charge in [0.1, 0.15) is 11.5 Å². The van der Waals surface area contributed by atoms with Gasteiger partial charge in [0.05, 0.1) is 16.0 Å². The van der Waals surface area contributed by atoms with Gasteiger partial charge >= 0.3 is 6.18 Å². The molecule has 2 aliphatic rings. The van der Waals surface area contributed by atoms with Crippen LogP contribution in [0.25, 0.3) is 10.4 Å². The van der Waals surface area contributed by atoms with Crippen molar-refractivity contribution in [3.05, 3.63) is 28.5 Å². The number of nitrogens with one attached hydrogen (secondary N) is 2. The average Bonchev–Trinajstić information content (AvgIpc) is 3.85. The summed E-state index contributed by atoms with van der Waals surface area (Å²) in [5.74, 6) is -0.178. The second-order valence-electron chi connectivity index (χ2n) is 11.9. The Balaban J connectivity index is 1.76. The number of anilines is 1. The molecule has 1 unspecified atom stereocenters. The molecular formula is C29H40F3N5O3S. The molecular weight excluding hydrogens is 555 g/mol. The van der Waals surface area contributed by atoms with E-state index in [0.717, 1.165) is 50.8 Å². The normalized spacial score (nSPS) is 16.5. The van der Waals surface area contributed by atoms with Crippen LogP contribution in [0.2, 0.25) is 0 Å². The van der Waals surface area contributed by atoms with Crippen LogP contribution in [0.4, 0.5) is 19.0 Å². The molecule has 2 fully saturated rings. The highest BCUT2D eigenvalue weighted by atomic mass is 32.1. The van der Waals surface area contributed by atoms with Gasteiger partial charge in [-0.05, 0) is 70.3 Å². The molecule has 0 aliphatic heterocycles. The largest absolute Gasteiger partial charge is 0.417 e. The average molecular weight is 596 g/mol. The van der Waals surface area contributed by atoms with Gasteiger partial charge < -0.3 is 20.6 Å². The number of carbonyl (C=O) groups excluding carboxylic acids is 2. The first kappa shape index (κ1) is 31.2. The maximum atomic E-state index is 14.5. The monoisotopic (exact) mass is 595 g/mol. The van der Waals surface area contributed by atoms with Crippen molar-refractivity contribution >= 4 is 29.0 Å². The van der Waals surface area contributed by atoms with Crippen LogP contribution in [0.15, 0.2) is 12.3 Å². The van der Waals surface area contributed by atoms with Crippen molar-refractivity contribution in [3.8, 4) is 10.4 Å². The summed E-state index contributed by atoms with van der Waals surface area (Å²) < 4.78 is 43.5. The molecule has 2 aromatic rings. The van der Waals surface area contributed by atoms with Crippen molar-refractivity contribution < 1.29 is 27.9 Å². The summed E-state index contributed by atoms with van der Waals surface area (Å²) in [5, 5.41) is 15.6. The Labute approximate surface area is 243 Å². The molecule has 2 amide bonds. The number of aliphatic hydroxyl groups is 1. The molecule has 0 bridgehead atoms. The van der Waals surface area contributed by atoms with Gasteiger partial charge in [-0.15, -0.1) is 11.3 Å². The number of nitrogens with zero attached hydrogens (tertiary/aromatic N) is 3. The highest BCUT2D eigenvalue weighted by Crippen LogP contribution is 2.47. The number of hydrogen-bond acceptors (Lipinski definition) is 7. The van der Waals surface area contributed by atoms with Crippen molar-refractivity contribution in [1.82, 2.24) is 20.2 Å². The molecule has 4 rings (SSSR count). The number of halogens is 3. The summed E-state index contributed by atoms with van der Waals surface area (Å²) in [6, 6.07) is 0.979.